The molecule has 3 aromatic rings. The molecule has 3 heterocycles. The van der Waals surface area contributed by atoms with Crippen LogP contribution in [0.1, 0.15) is 0 Å². The lowest BCUT2D eigenvalue weighted by molar-refractivity contribution is 0.672. The van der Waals surface area contributed by atoms with Gasteiger partial charge < -0.3 is 4.42 Å². The van der Waals surface area contributed by atoms with E-state index in [0.29, 0.717) is 5.71 Å². The molecule has 0 spiro atoms. The quantitative estimate of drug-likeness (QED) is 0.491. The Bertz CT molecular complexity index is 429. The van der Waals surface area contributed by atoms with Gasteiger partial charge in [0, 0.05) is 0 Å². The summed E-state index contributed by atoms with van der Waals surface area (Å²) >= 11 is 1.43. The number of oxazole rings is 1. The minimum Gasteiger partial charge on any atom is -0.435 e. The van der Waals surface area contributed by atoms with Crippen molar-refractivity contribution in [3.63, 3.8) is 0 Å². The topological polar surface area (TPSA) is 38.9 Å². The fourth-order valence-electron chi connectivity index (χ4n) is 1.07. The van der Waals surface area contributed by atoms with E-state index in [1.165, 1.54) is 11.5 Å². The highest BCUT2D eigenvalue weighted by molar-refractivity contribution is 7.14. The third-order valence-corrected chi connectivity index (χ3v) is 2.32. The molecular formula is C6H2N2OS. The molecule has 3 aromatic heterocycles. The van der Waals surface area contributed by atoms with Crippen molar-refractivity contribution in [3.05, 3.63) is 12.4 Å². The van der Waals surface area contributed by atoms with Gasteiger partial charge in [-0.05, 0) is 11.5 Å². The second-order valence-electron chi connectivity index (χ2n) is 2.10. The molecule has 0 N–H and O–H groups in total. The fraction of sp³-hybridized carbons (Fsp3) is 0. The van der Waals surface area contributed by atoms with Crippen LogP contribution in [0.4, 0.5) is 0 Å². The second-order valence-corrected chi connectivity index (χ2v) is 2.90. The van der Waals surface area contributed by atoms with E-state index in [0.717, 1.165) is 15.7 Å². The van der Waals surface area contributed by atoms with Gasteiger partial charge in [-0.15, -0.1) is 0 Å². The van der Waals surface area contributed by atoms with Gasteiger partial charge in [0.25, 0.3) is 0 Å². The van der Waals surface area contributed by atoms with Crippen LogP contribution in [0.2, 0.25) is 0 Å². The van der Waals surface area contributed by atoms with E-state index in [4.69, 9.17) is 4.42 Å². The third-order valence-electron chi connectivity index (χ3n) is 1.54. The Morgan fingerprint density at radius 1 is 1.40 bits per heavy atom. The van der Waals surface area contributed by atoms with E-state index < -0.39 is 0 Å². The summed E-state index contributed by atoms with van der Waals surface area (Å²) in [5.74, 6) is 0. The summed E-state index contributed by atoms with van der Waals surface area (Å²) in [4.78, 5) is 4.02. The zero-order valence-corrected chi connectivity index (χ0v) is 5.68. The van der Waals surface area contributed by atoms with Gasteiger partial charge >= 0.3 is 0 Å². The lowest BCUT2D eigenvalue weighted by Crippen LogP contribution is -1.60. The summed E-state index contributed by atoms with van der Waals surface area (Å²) in [6.45, 7) is 0. The number of rotatable bonds is 0. The Morgan fingerprint density at radius 2 is 2.40 bits per heavy atom. The van der Waals surface area contributed by atoms with Crippen molar-refractivity contribution in [1.82, 2.24) is 9.36 Å². The number of pyridine rings is 1. The Hall–Kier alpha value is -1.16. The number of hydrogen-bond acceptors (Lipinski definition) is 4. The zero-order valence-electron chi connectivity index (χ0n) is 4.87. The van der Waals surface area contributed by atoms with E-state index >= 15 is 0 Å². The molecule has 0 radical (unpaired) electrons. The standard InChI is InChI=1S/C6H2N2OS/c1-3-4-2-7-6(9-4)5(3)10-8-1/h1-2H. The zero-order chi connectivity index (χ0) is 6.55. The molecule has 0 aliphatic rings. The number of furan rings is 1. The van der Waals surface area contributed by atoms with E-state index in [-0.39, 0.29) is 0 Å². The monoisotopic (exact) mass is 150 g/mol. The van der Waals surface area contributed by atoms with Gasteiger partial charge in [-0.1, -0.05) is 0 Å². The number of hydrogen-bond donors (Lipinski definition) is 0. The molecule has 0 unspecified atom stereocenters. The van der Waals surface area contributed by atoms with Gasteiger partial charge in [-0.25, -0.2) is 4.98 Å². The van der Waals surface area contributed by atoms with Gasteiger partial charge in [0.2, 0.25) is 5.71 Å². The number of fused-ring (bicyclic) bond motifs is 5. The van der Waals surface area contributed by atoms with E-state index in [1.807, 2.05) is 6.20 Å². The minimum absolute atomic E-state index is 0.715. The summed E-state index contributed by atoms with van der Waals surface area (Å²) in [6.07, 6.45) is 3.54. The first-order chi connectivity index (χ1) is 4.95. The Kier molecular flexibility index (Phi) is 0.598. The lowest BCUT2D eigenvalue weighted by Gasteiger charge is -1.72. The summed E-state index contributed by atoms with van der Waals surface area (Å²) in [7, 11) is 0. The van der Waals surface area contributed by atoms with Crippen molar-refractivity contribution in [2.75, 3.05) is 0 Å². The van der Waals surface area contributed by atoms with Gasteiger partial charge in [-0.3, -0.25) is 0 Å². The Balaban J connectivity index is 2.88. The Morgan fingerprint density at radius 3 is 3.30 bits per heavy atom. The number of aromatic nitrogens is 2. The van der Waals surface area contributed by atoms with Crippen LogP contribution in [0.5, 0.6) is 0 Å². The van der Waals surface area contributed by atoms with Crippen molar-refractivity contribution in [2.45, 2.75) is 0 Å². The fourth-order valence-corrected chi connectivity index (χ4v) is 1.76. The molecule has 48 valence electrons. The summed E-state index contributed by atoms with van der Waals surface area (Å²) < 4.78 is 10.4. The summed E-state index contributed by atoms with van der Waals surface area (Å²) in [5, 5.41) is 1.09. The first-order valence-corrected chi connectivity index (χ1v) is 3.64. The van der Waals surface area contributed by atoms with Gasteiger partial charge in [0.05, 0.1) is 17.8 Å². The van der Waals surface area contributed by atoms with Crippen LogP contribution in [0.15, 0.2) is 16.8 Å². The van der Waals surface area contributed by atoms with Gasteiger partial charge in [0.1, 0.15) is 4.70 Å². The molecule has 2 bridgehead atoms. The predicted molar refractivity (Wildman–Crippen MR) is 38.4 cm³/mol. The highest BCUT2D eigenvalue weighted by Gasteiger charge is 2.11. The molecule has 0 atom stereocenters. The minimum atomic E-state index is 0.715. The van der Waals surface area contributed by atoms with Gasteiger partial charge in [0.15, 0.2) is 5.58 Å². The molecule has 0 saturated carbocycles. The van der Waals surface area contributed by atoms with Crippen LogP contribution in [-0.2, 0) is 0 Å². The molecule has 10 heavy (non-hydrogen) atoms. The van der Waals surface area contributed by atoms with Crippen molar-refractivity contribution in [2.24, 2.45) is 0 Å². The molecule has 0 aliphatic heterocycles. The molecule has 0 aliphatic carbocycles. The maximum Gasteiger partial charge on any atom is 0.239 e. The van der Waals surface area contributed by atoms with Crippen molar-refractivity contribution in [1.29, 1.82) is 0 Å². The molecule has 3 nitrogen and oxygen atoms in total. The molecule has 0 fully saturated rings. The van der Waals surface area contributed by atoms with Crippen LogP contribution >= 0.6 is 11.5 Å². The van der Waals surface area contributed by atoms with Crippen LogP contribution in [-0.4, -0.2) is 9.36 Å². The lowest BCUT2D eigenvalue weighted by atomic mass is 10.4. The molecular weight excluding hydrogens is 148 g/mol. The van der Waals surface area contributed by atoms with Crippen molar-refractivity contribution < 1.29 is 4.42 Å². The second kappa shape index (κ2) is 1.29. The average molecular weight is 150 g/mol. The van der Waals surface area contributed by atoms with Crippen LogP contribution in [0.25, 0.3) is 21.4 Å². The van der Waals surface area contributed by atoms with E-state index in [1.54, 1.807) is 6.20 Å². The van der Waals surface area contributed by atoms with Crippen LogP contribution < -0.4 is 0 Å². The average Bonchev–Trinajstić information content (AvgIpc) is 2.60. The normalized spacial score (nSPS) is 12.0. The molecule has 3 rings (SSSR count). The highest BCUT2D eigenvalue weighted by Crippen LogP contribution is 2.31. The van der Waals surface area contributed by atoms with E-state index in [2.05, 4.69) is 9.36 Å². The summed E-state index contributed by atoms with van der Waals surface area (Å²) in [6, 6.07) is 0. The first-order valence-electron chi connectivity index (χ1n) is 2.86. The van der Waals surface area contributed by atoms with Crippen LogP contribution in [0, 0.1) is 0 Å². The highest BCUT2D eigenvalue weighted by atomic mass is 32.1. The smallest absolute Gasteiger partial charge is 0.239 e. The summed E-state index contributed by atoms with van der Waals surface area (Å²) in [5.41, 5.74) is 1.56. The first kappa shape index (κ1) is 4.62. The predicted octanol–water partition coefficient (Wildman–Crippen LogP) is 1.88. The van der Waals surface area contributed by atoms with E-state index in [9.17, 15) is 0 Å². The molecule has 4 heteroatoms. The molecule has 0 amide bonds. The van der Waals surface area contributed by atoms with Gasteiger partial charge in [-0.2, -0.15) is 4.37 Å². The Labute approximate surface area is 59.8 Å². The maximum atomic E-state index is 5.26. The molecule has 0 saturated heterocycles. The third kappa shape index (κ3) is 0.349. The number of nitrogens with zero attached hydrogens (tertiary/aromatic N) is 2. The molecule has 0 aromatic carbocycles. The van der Waals surface area contributed by atoms with Crippen molar-refractivity contribution in [3.8, 4) is 0 Å². The SMILES string of the molecule is c1nc2oc1c1cnsc21. The maximum absolute atomic E-state index is 5.26. The van der Waals surface area contributed by atoms with Crippen LogP contribution in [0.3, 0.4) is 0 Å². The van der Waals surface area contributed by atoms with Crippen molar-refractivity contribution >= 4 is 32.9 Å². The largest absolute Gasteiger partial charge is 0.435 e.